The lowest BCUT2D eigenvalue weighted by Crippen LogP contribution is -2.12. The molecule has 1 atom stereocenters. The molecule has 8 heteroatoms. The van der Waals surface area contributed by atoms with Gasteiger partial charge in [-0.15, -0.1) is 21.5 Å². The van der Waals surface area contributed by atoms with E-state index in [0.29, 0.717) is 36.9 Å². The Kier molecular flexibility index (Phi) is 6.88. The maximum atomic E-state index is 12.8. The number of rotatable bonds is 8. The number of carbonyl (C=O) groups is 1. The van der Waals surface area contributed by atoms with Gasteiger partial charge in [0.05, 0.1) is 5.71 Å². The summed E-state index contributed by atoms with van der Waals surface area (Å²) in [6.45, 7) is 9.39. The Morgan fingerprint density at radius 1 is 1.19 bits per heavy atom. The first-order valence-corrected chi connectivity index (χ1v) is 12.1. The maximum Gasteiger partial charge on any atom is 0.163 e. The molecule has 0 amide bonds. The van der Waals surface area contributed by atoms with Gasteiger partial charge in [0.1, 0.15) is 22.7 Å². The van der Waals surface area contributed by atoms with Crippen molar-refractivity contribution in [2.24, 2.45) is 4.99 Å². The predicted octanol–water partition coefficient (Wildman–Crippen LogP) is 5.58. The third-order valence-corrected chi connectivity index (χ3v) is 7.17. The number of nitrogens with zero attached hydrogens (tertiary/aromatic N) is 4. The molecule has 0 saturated carbocycles. The summed E-state index contributed by atoms with van der Waals surface area (Å²) < 4.78 is 7.45. The molecular formula is C24H27ClN4O2S. The Morgan fingerprint density at radius 2 is 1.94 bits per heavy atom. The second-order valence-electron chi connectivity index (χ2n) is 7.95. The van der Waals surface area contributed by atoms with E-state index in [0.717, 1.165) is 27.7 Å². The number of fused-ring (bicyclic) bond motifs is 3. The molecule has 0 fully saturated rings. The topological polar surface area (TPSA) is 69.4 Å². The van der Waals surface area contributed by atoms with Crippen LogP contribution >= 0.6 is 22.9 Å². The number of hydrogen-bond donors (Lipinski definition) is 0. The zero-order valence-corrected chi connectivity index (χ0v) is 20.4. The fourth-order valence-electron chi connectivity index (χ4n) is 3.97. The summed E-state index contributed by atoms with van der Waals surface area (Å²) in [6.07, 6.45) is 1.47. The first-order valence-electron chi connectivity index (χ1n) is 10.9. The highest BCUT2D eigenvalue weighted by Gasteiger charge is 2.32. The molecule has 2 aromatic heterocycles. The van der Waals surface area contributed by atoms with Gasteiger partial charge >= 0.3 is 0 Å². The van der Waals surface area contributed by atoms with E-state index >= 15 is 0 Å². The maximum absolute atomic E-state index is 12.8. The van der Waals surface area contributed by atoms with E-state index in [-0.39, 0.29) is 12.2 Å². The number of aromatic nitrogens is 3. The van der Waals surface area contributed by atoms with Crippen molar-refractivity contribution in [3.05, 3.63) is 62.5 Å². The Labute approximate surface area is 197 Å². The number of benzene rings is 1. The van der Waals surface area contributed by atoms with Crippen molar-refractivity contribution < 1.29 is 9.53 Å². The summed E-state index contributed by atoms with van der Waals surface area (Å²) in [5.74, 6) is 1.66. The van der Waals surface area contributed by atoms with Gasteiger partial charge in [-0.25, -0.2) is 0 Å². The second-order valence-corrected chi connectivity index (χ2v) is 9.59. The Balaban J connectivity index is 1.79. The average Bonchev–Trinajstić information content (AvgIpc) is 3.24. The number of aryl methyl sites for hydroxylation is 2. The van der Waals surface area contributed by atoms with E-state index in [9.17, 15) is 4.79 Å². The van der Waals surface area contributed by atoms with Crippen LogP contribution in [0.15, 0.2) is 29.3 Å². The first-order chi connectivity index (χ1) is 15.4. The highest BCUT2D eigenvalue weighted by molar-refractivity contribution is 7.15. The molecule has 1 aliphatic heterocycles. The van der Waals surface area contributed by atoms with Crippen LogP contribution in [0.1, 0.15) is 65.4 Å². The average molecular weight is 471 g/mol. The smallest absolute Gasteiger partial charge is 0.163 e. The van der Waals surface area contributed by atoms with E-state index in [4.69, 9.17) is 21.3 Å². The molecule has 3 aromatic rings. The van der Waals surface area contributed by atoms with Gasteiger partial charge in [0.2, 0.25) is 0 Å². The minimum atomic E-state index is -0.402. The molecule has 0 bridgehead atoms. The first kappa shape index (κ1) is 22.8. The van der Waals surface area contributed by atoms with Crippen LogP contribution in [0.4, 0.5) is 0 Å². The molecule has 1 aromatic carbocycles. The lowest BCUT2D eigenvalue weighted by atomic mass is 9.99. The summed E-state index contributed by atoms with van der Waals surface area (Å²) >= 11 is 7.86. The largest absolute Gasteiger partial charge is 0.382 e. The minimum absolute atomic E-state index is 0.152. The number of aliphatic imine (C=N–C) groups is 1. The monoisotopic (exact) mass is 470 g/mol. The fraction of sp³-hybridized carbons (Fsp3) is 0.417. The standard InChI is InChI=1S/C24H27ClN4O2S/c1-5-31-12-6-7-19(30)13-20-23-28-27-16(4)29(23)24-21(14(2)15(3)32-24)22(26-20)17-8-10-18(25)11-9-17/h8-11,20H,5-7,12-13H2,1-4H3. The van der Waals surface area contributed by atoms with Crippen LogP contribution in [-0.4, -0.2) is 39.5 Å². The highest BCUT2D eigenvalue weighted by Crippen LogP contribution is 2.39. The fourth-order valence-corrected chi connectivity index (χ4v) is 5.31. The van der Waals surface area contributed by atoms with E-state index in [1.807, 2.05) is 38.1 Å². The van der Waals surface area contributed by atoms with Crippen LogP contribution in [-0.2, 0) is 9.53 Å². The van der Waals surface area contributed by atoms with Crippen LogP contribution in [0.3, 0.4) is 0 Å². The van der Waals surface area contributed by atoms with Gasteiger partial charge in [0, 0.05) is 47.1 Å². The third kappa shape index (κ3) is 4.42. The molecule has 32 heavy (non-hydrogen) atoms. The number of carbonyl (C=O) groups excluding carboxylic acids is 1. The molecule has 0 N–H and O–H groups in total. The van der Waals surface area contributed by atoms with Gasteiger partial charge in [-0.1, -0.05) is 23.7 Å². The van der Waals surface area contributed by atoms with Crippen LogP contribution in [0.2, 0.25) is 5.02 Å². The Hall–Kier alpha value is -2.35. The lowest BCUT2D eigenvalue weighted by molar-refractivity contribution is -0.119. The summed E-state index contributed by atoms with van der Waals surface area (Å²) in [5.41, 5.74) is 4.10. The summed E-state index contributed by atoms with van der Waals surface area (Å²) in [7, 11) is 0. The molecule has 3 heterocycles. The number of hydrogen-bond acceptors (Lipinski definition) is 6. The zero-order valence-electron chi connectivity index (χ0n) is 18.8. The molecule has 1 aliphatic rings. The van der Waals surface area contributed by atoms with Gasteiger partial charge in [-0.3, -0.25) is 14.4 Å². The molecule has 1 unspecified atom stereocenters. The quantitative estimate of drug-likeness (QED) is 0.403. The SMILES string of the molecule is CCOCCCC(=O)CC1N=C(c2ccc(Cl)cc2)c2c(sc(C)c2C)-n2c(C)nnc21. The van der Waals surface area contributed by atoms with Crippen molar-refractivity contribution in [2.45, 2.75) is 53.0 Å². The Bertz CT molecular complexity index is 1160. The van der Waals surface area contributed by atoms with Crippen molar-refractivity contribution in [1.82, 2.24) is 14.8 Å². The van der Waals surface area contributed by atoms with E-state index < -0.39 is 6.04 Å². The van der Waals surface area contributed by atoms with Crippen molar-refractivity contribution in [2.75, 3.05) is 13.2 Å². The number of Topliss-reactive ketones (excluding diaryl/α,β-unsaturated/α-hetero) is 1. The molecule has 168 valence electrons. The second kappa shape index (κ2) is 9.65. The number of thiophene rings is 1. The van der Waals surface area contributed by atoms with Crippen molar-refractivity contribution in [1.29, 1.82) is 0 Å². The Morgan fingerprint density at radius 3 is 2.66 bits per heavy atom. The third-order valence-electron chi connectivity index (χ3n) is 5.73. The van der Waals surface area contributed by atoms with Crippen molar-refractivity contribution in [3.63, 3.8) is 0 Å². The molecule has 0 radical (unpaired) electrons. The minimum Gasteiger partial charge on any atom is -0.382 e. The molecular weight excluding hydrogens is 444 g/mol. The highest BCUT2D eigenvalue weighted by atomic mass is 35.5. The molecule has 0 saturated heterocycles. The normalized spacial score (nSPS) is 15.2. The van der Waals surface area contributed by atoms with Crippen LogP contribution in [0.5, 0.6) is 0 Å². The number of ether oxygens (including phenoxy) is 1. The summed E-state index contributed by atoms with van der Waals surface area (Å²) in [5, 5.41) is 10.5. The van der Waals surface area contributed by atoms with Gasteiger partial charge in [0.15, 0.2) is 5.82 Å². The number of halogens is 1. The van der Waals surface area contributed by atoms with Gasteiger partial charge in [0.25, 0.3) is 0 Å². The van der Waals surface area contributed by atoms with Crippen LogP contribution in [0, 0.1) is 20.8 Å². The summed E-state index contributed by atoms with van der Waals surface area (Å²) in [4.78, 5) is 19.2. The molecule has 4 rings (SSSR count). The van der Waals surface area contributed by atoms with Crippen molar-refractivity contribution in [3.8, 4) is 5.00 Å². The van der Waals surface area contributed by atoms with E-state index in [2.05, 4.69) is 28.6 Å². The van der Waals surface area contributed by atoms with E-state index in [1.165, 1.54) is 10.4 Å². The molecule has 0 aliphatic carbocycles. The van der Waals surface area contributed by atoms with Crippen molar-refractivity contribution >= 4 is 34.4 Å². The lowest BCUT2D eigenvalue weighted by Gasteiger charge is -2.12. The molecule has 0 spiro atoms. The molecule has 6 nitrogen and oxygen atoms in total. The van der Waals surface area contributed by atoms with Crippen LogP contribution in [0.25, 0.3) is 5.00 Å². The summed E-state index contributed by atoms with van der Waals surface area (Å²) in [6, 6.07) is 7.31. The predicted molar refractivity (Wildman–Crippen MR) is 129 cm³/mol. The van der Waals surface area contributed by atoms with Gasteiger partial charge in [-0.2, -0.15) is 0 Å². The van der Waals surface area contributed by atoms with Crippen LogP contribution < -0.4 is 0 Å². The van der Waals surface area contributed by atoms with Gasteiger partial charge < -0.3 is 4.74 Å². The zero-order chi connectivity index (χ0) is 22.8. The number of ketones is 1. The van der Waals surface area contributed by atoms with E-state index in [1.54, 1.807) is 11.3 Å². The van der Waals surface area contributed by atoms with Gasteiger partial charge in [-0.05, 0) is 51.8 Å².